The van der Waals surface area contributed by atoms with Crippen LogP contribution in [0, 0.1) is 0 Å². The first-order valence-electron chi connectivity index (χ1n) is 5.56. The summed E-state index contributed by atoms with van der Waals surface area (Å²) in [7, 11) is 1.92. The Morgan fingerprint density at radius 1 is 1.33 bits per heavy atom. The SMILES string of the molecule is CCc1nn(CCF)c(CC)c1CNC. The number of halogens is 1. The molecule has 0 amide bonds. The van der Waals surface area contributed by atoms with E-state index >= 15 is 0 Å². The van der Waals surface area contributed by atoms with E-state index in [1.807, 2.05) is 11.7 Å². The van der Waals surface area contributed by atoms with Crippen molar-refractivity contribution in [2.75, 3.05) is 13.7 Å². The van der Waals surface area contributed by atoms with Gasteiger partial charge in [0.1, 0.15) is 6.67 Å². The number of nitrogens with zero attached hydrogens (tertiary/aromatic N) is 2. The molecule has 3 nitrogen and oxygen atoms in total. The molecule has 0 aliphatic carbocycles. The van der Waals surface area contributed by atoms with Crippen molar-refractivity contribution < 1.29 is 4.39 Å². The van der Waals surface area contributed by atoms with Crippen LogP contribution in [-0.4, -0.2) is 23.5 Å². The highest BCUT2D eigenvalue weighted by Crippen LogP contribution is 2.16. The fourth-order valence-electron chi connectivity index (χ4n) is 1.91. The molecule has 1 rings (SSSR count). The molecule has 0 aromatic carbocycles. The molecule has 0 bridgehead atoms. The lowest BCUT2D eigenvalue weighted by molar-refractivity contribution is 0.419. The number of aromatic nitrogens is 2. The number of hydrogen-bond acceptors (Lipinski definition) is 2. The lowest BCUT2D eigenvalue weighted by Gasteiger charge is -2.05. The fourth-order valence-corrected chi connectivity index (χ4v) is 1.91. The maximum atomic E-state index is 12.3. The predicted octanol–water partition coefficient (Wildman–Crippen LogP) is 1.70. The maximum absolute atomic E-state index is 12.3. The third-order valence-electron chi connectivity index (χ3n) is 2.57. The van der Waals surface area contributed by atoms with Crippen molar-refractivity contribution in [3.63, 3.8) is 0 Å². The third kappa shape index (κ3) is 2.56. The van der Waals surface area contributed by atoms with Gasteiger partial charge in [0.25, 0.3) is 0 Å². The van der Waals surface area contributed by atoms with E-state index in [1.165, 1.54) is 11.3 Å². The molecule has 0 aliphatic heterocycles. The highest BCUT2D eigenvalue weighted by molar-refractivity contribution is 5.26. The Balaban J connectivity index is 3.07. The monoisotopic (exact) mass is 213 g/mol. The lowest BCUT2D eigenvalue weighted by atomic mass is 10.1. The van der Waals surface area contributed by atoms with Crippen LogP contribution >= 0.6 is 0 Å². The summed E-state index contributed by atoms with van der Waals surface area (Å²) in [5, 5.41) is 7.59. The van der Waals surface area contributed by atoms with Crippen LogP contribution in [0.2, 0.25) is 0 Å². The van der Waals surface area contributed by atoms with Crippen LogP contribution in [-0.2, 0) is 25.9 Å². The van der Waals surface area contributed by atoms with Crippen LogP contribution in [0.1, 0.15) is 30.8 Å². The molecule has 0 atom stereocenters. The van der Waals surface area contributed by atoms with Crippen molar-refractivity contribution in [1.29, 1.82) is 0 Å². The molecule has 1 aromatic rings. The summed E-state index contributed by atoms with van der Waals surface area (Å²) in [5.74, 6) is 0. The minimum Gasteiger partial charge on any atom is -0.316 e. The van der Waals surface area contributed by atoms with Crippen LogP contribution in [0.15, 0.2) is 0 Å². The van der Waals surface area contributed by atoms with Crippen molar-refractivity contribution >= 4 is 0 Å². The molecule has 0 aliphatic rings. The van der Waals surface area contributed by atoms with Crippen LogP contribution in [0.25, 0.3) is 0 Å². The topological polar surface area (TPSA) is 29.9 Å². The minimum absolute atomic E-state index is 0.350. The van der Waals surface area contributed by atoms with E-state index in [0.29, 0.717) is 6.54 Å². The number of nitrogens with one attached hydrogen (secondary N) is 1. The molecule has 1 heterocycles. The number of aryl methyl sites for hydroxylation is 2. The van der Waals surface area contributed by atoms with E-state index < -0.39 is 0 Å². The van der Waals surface area contributed by atoms with Crippen molar-refractivity contribution in [3.05, 3.63) is 17.0 Å². The molecule has 0 fully saturated rings. The number of rotatable bonds is 6. The molecule has 0 unspecified atom stereocenters. The Morgan fingerprint density at radius 2 is 2.07 bits per heavy atom. The molecule has 0 saturated heterocycles. The van der Waals surface area contributed by atoms with Gasteiger partial charge < -0.3 is 5.32 Å². The van der Waals surface area contributed by atoms with Gasteiger partial charge in [-0.2, -0.15) is 5.10 Å². The van der Waals surface area contributed by atoms with E-state index in [2.05, 4.69) is 24.3 Å². The van der Waals surface area contributed by atoms with E-state index in [-0.39, 0.29) is 6.67 Å². The summed E-state index contributed by atoms with van der Waals surface area (Å²) >= 11 is 0. The highest BCUT2D eigenvalue weighted by Gasteiger charge is 2.13. The molecule has 86 valence electrons. The molecule has 0 radical (unpaired) electrons. The second kappa shape index (κ2) is 5.85. The van der Waals surface area contributed by atoms with E-state index in [9.17, 15) is 4.39 Å². The first kappa shape index (κ1) is 12.2. The summed E-state index contributed by atoms with van der Waals surface area (Å²) < 4.78 is 14.2. The fraction of sp³-hybridized carbons (Fsp3) is 0.727. The molecule has 0 spiro atoms. The summed E-state index contributed by atoms with van der Waals surface area (Å²) in [4.78, 5) is 0. The summed E-state index contributed by atoms with van der Waals surface area (Å²) in [6.45, 7) is 5.01. The Bertz CT molecular complexity index is 307. The van der Waals surface area contributed by atoms with E-state index in [1.54, 1.807) is 0 Å². The van der Waals surface area contributed by atoms with Crippen LogP contribution < -0.4 is 5.32 Å². The lowest BCUT2D eigenvalue weighted by Crippen LogP contribution is -2.10. The zero-order valence-corrected chi connectivity index (χ0v) is 9.81. The summed E-state index contributed by atoms with van der Waals surface area (Å²) in [5.41, 5.74) is 3.50. The minimum atomic E-state index is -0.350. The van der Waals surface area contributed by atoms with Gasteiger partial charge in [-0.3, -0.25) is 4.68 Å². The van der Waals surface area contributed by atoms with Crippen LogP contribution in [0.3, 0.4) is 0 Å². The molecule has 4 heteroatoms. The average Bonchev–Trinajstić information content (AvgIpc) is 2.57. The third-order valence-corrected chi connectivity index (χ3v) is 2.57. The van der Waals surface area contributed by atoms with Crippen molar-refractivity contribution in [2.24, 2.45) is 0 Å². The van der Waals surface area contributed by atoms with Gasteiger partial charge in [0, 0.05) is 17.8 Å². The van der Waals surface area contributed by atoms with E-state index in [4.69, 9.17) is 0 Å². The second-order valence-electron chi connectivity index (χ2n) is 3.52. The molecule has 1 aromatic heterocycles. The Kier molecular flexibility index (Phi) is 4.75. The first-order valence-corrected chi connectivity index (χ1v) is 5.56. The zero-order valence-electron chi connectivity index (χ0n) is 9.81. The second-order valence-corrected chi connectivity index (χ2v) is 3.52. The number of alkyl halides is 1. The molecule has 0 saturated carbocycles. The van der Waals surface area contributed by atoms with Crippen molar-refractivity contribution in [2.45, 2.75) is 39.8 Å². The standard InChI is InChI=1S/C11H20FN3/c1-4-10-9(8-13-3)11(5-2)15(14-10)7-6-12/h13H,4-8H2,1-3H3. The largest absolute Gasteiger partial charge is 0.316 e. The van der Waals surface area contributed by atoms with Gasteiger partial charge in [0.05, 0.1) is 12.2 Å². The normalized spacial score (nSPS) is 10.9. The molecule has 1 N–H and O–H groups in total. The molecular formula is C11H20FN3. The first-order chi connectivity index (χ1) is 7.28. The molecule has 15 heavy (non-hydrogen) atoms. The predicted molar refractivity (Wildman–Crippen MR) is 59.7 cm³/mol. The van der Waals surface area contributed by atoms with Gasteiger partial charge in [0.15, 0.2) is 0 Å². The van der Waals surface area contributed by atoms with Gasteiger partial charge in [-0.15, -0.1) is 0 Å². The maximum Gasteiger partial charge on any atom is 0.109 e. The number of hydrogen-bond donors (Lipinski definition) is 1. The zero-order chi connectivity index (χ0) is 11.3. The average molecular weight is 213 g/mol. The van der Waals surface area contributed by atoms with Crippen LogP contribution in [0.4, 0.5) is 4.39 Å². The quantitative estimate of drug-likeness (QED) is 0.779. The van der Waals surface area contributed by atoms with Crippen molar-refractivity contribution in [1.82, 2.24) is 15.1 Å². The smallest absolute Gasteiger partial charge is 0.109 e. The Labute approximate surface area is 90.7 Å². The summed E-state index contributed by atoms with van der Waals surface area (Å²) in [6.07, 6.45) is 1.81. The Hall–Kier alpha value is -0.900. The van der Waals surface area contributed by atoms with Gasteiger partial charge in [-0.1, -0.05) is 13.8 Å². The van der Waals surface area contributed by atoms with Crippen LogP contribution in [0.5, 0.6) is 0 Å². The van der Waals surface area contributed by atoms with Gasteiger partial charge in [-0.25, -0.2) is 4.39 Å². The highest BCUT2D eigenvalue weighted by atomic mass is 19.1. The van der Waals surface area contributed by atoms with E-state index in [0.717, 1.165) is 25.1 Å². The van der Waals surface area contributed by atoms with Crippen molar-refractivity contribution in [3.8, 4) is 0 Å². The summed E-state index contributed by atoms with van der Waals surface area (Å²) in [6, 6.07) is 0. The van der Waals surface area contributed by atoms with Gasteiger partial charge in [0.2, 0.25) is 0 Å². The molecular weight excluding hydrogens is 193 g/mol. The Morgan fingerprint density at radius 3 is 2.53 bits per heavy atom. The van der Waals surface area contributed by atoms with Gasteiger partial charge >= 0.3 is 0 Å². The van der Waals surface area contributed by atoms with Gasteiger partial charge in [-0.05, 0) is 19.9 Å².